The van der Waals surface area contributed by atoms with Crippen molar-refractivity contribution in [3.8, 4) is 0 Å². The summed E-state index contributed by atoms with van der Waals surface area (Å²) in [6.45, 7) is 9.39. The Hall–Kier alpha value is -0.290. The van der Waals surface area contributed by atoms with Crippen molar-refractivity contribution in [1.82, 2.24) is 10.2 Å². The molecule has 1 N–H and O–H groups in total. The lowest BCUT2D eigenvalue weighted by Crippen LogP contribution is -2.49. The Balaban J connectivity index is 4.35. The van der Waals surface area contributed by atoms with Crippen molar-refractivity contribution in [1.29, 1.82) is 0 Å². The Kier molecular flexibility index (Phi) is 7.87. The summed E-state index contributed by atoms with van der Waals surface area (Å²) in [4.78, 5) is 1.50. The van der Waals surface area contributed by atoms with E-state index in [4.69, 9.17) is 0 Å². The standard InChI is InChI=1S/C13H27F3N2/c1-6-12(7-2)17-8-11(5)18(10(3)4)9-13(14,15)16/h10-12,17H,6-9H2,1-5H3. The summed E-state index contributed by atoms with van der Waals surface area (Å²) in [5.41, 5.74) is 0. The third-order valence-electron chi connectivity index (χ3n) is 3.28. The van der Waals surface area contributed by atoms with Crippen LogP contribution in [0.1, 0.15) is 47.5 Å². The number of alkyl halides is 3. The molecular formula is C13H27F3N2. The molecule has 0 aliphatic carbocycles. The van der Waals surface area contributed by atoms with Crippen LogP contribution in [0, 0.1) is 0 Å². The third-order valence-corrected chi connectivity index (χ3v) is 3.28. The van der Waals surface area contributed by atoms with E-state index in [2.05, 4.69) is 19.2 Å². The number of nitrogens with one attached hydrogen (secondary N) is 1. The fraction of sp³-hybridized carbons (Fsp3) is 1.00. The fourth-order valence-corrected chi connectivity index (χ4v) is 2.09. The molecule has 18 heavy (non-hydrogen) atoms. The molecule has 2 nitrogen and oxygen atoms in total. The van der Waals surface area contributed by atoms with Crippen molar-refractivity contribution in [2.24, 2.45) is 0 Å². The van der Waals surface area contributed by atoms with Crippen molar-refractivity contribution in [2.75, 3.05) is 13.1 Å². The van der Waals surface area contributed by atoms with Gasteiger partial charge in [0.1, 0.15) is 0 Å². The first kappa shape index (κ1) is 17.7. The molecule has 0 saturated heterocycles. The third kappa shape index (κ3) is 7.21. The molecule has 0 fully saturated rings. The lowest BCUT2D eigenvalue weighted by atomic mass is 10.1. The van der Waals surface area contributed by atoms with Crippen molar-refractivity contribution in [3.63, 3.8) is 0 Å². The Morgan fingerprint density at radius 2 is 1.56 bits per heavy atom. The molecule has 0 aromatic rings. The van der Waals surface area contributed by atoms with E-state index in [-0.39, 0.29) is 12.1 Å². The highest BCUT2D eigenvalue weighted by atomic mass is 19.4. The molecule has 1 atom stereocenters. The summed E-state index contributed by atoms with van der Waals surface area (Å²) in [6, 6.07) is 0.171. The van der Waals surface area contributed by atoms with Gasteiger partial charge in [0.15, 0.2) is 0 Å². The molecule has 0 heterocycles. The quantitative estimate of drug-likeness (QED) is 0.725. The van der Waals surface area contributed by atoms with E-state index >= 15 is 0 Å². The zero-order valence-electron chi connectivity index (χ0n) is 12.1. The molecule has 0 saturated carbocycles. The van der Waals surface area contributed by atoms with Gasteiger partial charge in [-0.2, -0.15) is 13.2 Å². The van der Waals surface area contributed by atoms with Gasteiger partial charge in [-0.25, -0.2) is 0 Å². The van der Waals surface area contributed by atoms with Crippen LogP contribution in [-0.4, -0.2) is 42.3 Å². The summed E-state index contributed by atoms with van der Waals surface area (Å²) in [5.74, 6) is 0. The average Bonchev–Trinajstić information content (AvgIpc) is 2.25. The van der Waals surface area contributed by atoms with Gasteiger partial charge in [0, 0.05) is 24.7 Å². The van der Waals surface area contributed by atoms with E-state index < -0.39 is 12.7 Å². The van der Waals surface area contributed by atoms with Gasteiger partial charge in [0.25, 0.3) is 0 Å². The van der Waals surface area contributed by atoms with Crippen LogP contribution < -0.4 is 5.32 Å². The predicted octanol–water partition coefficient (Wildman–Crippen LogP) is 3.43. The monoisotopic (exact) mass is 268 g/mol. The van der Waals surface area contributed by atoms with Gasteiger partial charge in [-0.1, -0.05) is 13.8 Å². The second-order valence-electron chi connectivity index (χ2n) is 5.15. The van der Waals surface area contributed by atoms with Crippen molar-refractivity contribution in [2.45, 2.75) is 71.8 Å². The molecule has 0 rings (SSSR count). The van der Waals surface area contributed by atoms with Gasteiger partial charge < -0.3 is 5.32 Å². The predicted molar refractivity (Wildman–Crippen MR) is 69.7 cm³/mol. The number of rotatable bonds is 8. The Bertz CT molecular complexity index is 213. The normalized spacial score (nSPS) is 14.8. The highest BCUT2D eigenvalue weighted by molar-refractivity contribution is 4.77. The van der Waals surface area contributed by atoms with E-state index in [9.17, 15) is 13.2 Å². The molecule has 1 unspecified atom stereocenters. The molecule has 0 aliphatic rings. The fourth-order valence-electron chi connectivity index (χ4n) is 2.09. The molecule has 0 aromatic heterocycles. The highest BCUT2D eigenvalue weighted by Crippen LogP contribution is 2.19. The van der Waals surface area contributed by atoms with Gasteiger partial charge >= 0.3 is 6.18 Å². The first-order valence-electron chi connectivity index (χ1n) is 6.77. The second-order valence-corrected chi connectivity index (χ2v) is 5.15. The summed E-state index contributed by atoms with van der Waals surface area (Å²) in [5, 5.41) is 3.33. The summed E-state index contributed by atoms with van der Waals surface area (Å²) < 4.78 is 37.5. The van der Waals surface area contributed by atoms with Crippen LogP contribution in [0.25, 0.3) is 0 Å². The molecule has 0 bridgehead atoms. The van der Waals surface area contributed by atoms with Gasteiger partial charge in [-0.05, 0) is 33.6 Å². The number of hydrogen-bond acceptors (Lipinski definition) is 2. The second kappa shape index (κ2) is 8.00. The van der Waals surface area contributed by atoms with E-state index in [1.807, 2.05) is 6.92 Å². The van der Waals surface area contributed by atoms with E-state index in [1.54, 1.807) is 13.8 Å². The lowest BCUT2D eigenvalue weighted by Gasteiger charge is -2.34. The maximum absolute atomic E-state index is 12.5. The summed E-state index contributed by atoms with van der Waals surface area (Å²) in [6.07, 6.45) is -2.12. The summed E-state index contributed by atoms with van der Waals surface area (Å²) >= 11 is 0. The van der Waals surface area contributed by atoms with Crippen molar-refractivity contribution in [3.05, 3.63) is 0 Å². The molecule has 0 aliphatic heterocycles. The van der Waals surface area contributed by atoms with Gasteiger partial charge in [0.05, 0.1) is 6.54 Å². The zero-order chi connectivity index (χ0) is 14.3. The molecule has 5 heteroatoms. The molecule has 110 valence electrons. The van der Waals surface area contributed by atoms with E-state index in [0.717, 1.165) is 12.8 Å². The number of halogens is 3. The van der Waals surface area contributed by atoms with Crippen LogP contribution in [0.4, 0.5) is 13.2 Å². The van der Waals surface area contributed by atoms with Crippen LogP contribution in [0.15, 0.2) is 0 Å². The molecule has 0 radical (unpaired) electrons. The molecule has 0 amide bonds. The lowest BCUT2D eigenvalue weighted by molar-refractivity contribution is -0.154. The molecular weight excluding hydrogens is 241 g/mol. The van der Waals surface area contributed by atoms with Crippen LogP contribution in [-0.2, 0) is 0 Å². The van der Waals surface area contributed by atoms with Crippen LogP contribution in [0.2, 0.25) is 0 Å². The first-order chi connectivity index (χ1) is 8.21. The first-order valence-corrected chi connectivity index (χ1v) is 6.77. The van der Waals surface area contributed by atoms with Gasteiger partial charge in [-0.15, -0.1) is 0 Å². The topological polar surface area (TPSA) is 15.3 Å². The highest BCUT2D eigenvalue weighted by Gasteiger charge is 2.33. The number of hydrogen-bond donors (Lipinski definition) is 1. The Morgan fingerprint density at radius 1 is 1.06 bits per heavy atom. The van der Waals surface area contributed by atoms with Crippen molar-refractivity contribution >= 4 is 0 Å². The van der Waals surface area contributed by atoms with E-state index in [1.165, 1.54) is 4.90 Å². The maximum Gasteiger partial charge on any atom is 0.401 e. The number of nitrogens with zero attached hydrogens (tertiary/aromatic N) is 1. The van der Waals surface area contributed by atoms with Crippen LogP contribution in [0.5, 0.6) is 0 Å². The van der Waals surface area contributed by atoms with Crippen molar-refractivity contribution < 1.29 is 13.2 Å². The largest absolute Gasteiger partial charge is 0.401 e. The minimum Gasteiger partial charge on any atom is -0.312 e. The van der Waals surface area contributed by atoms with E-state index in [0.29, 0.717) is 12.6 Å². The molecule has 0 aromatic carbocycles. The molecule has 0 spiro atoms. The average molecular weight is 268 g/mol. The SMILES string of the molecule is CCC(CC)NCC(C)N(CC(F)(F)F)C(C)C. The smallest absolute Gasteiger partial charge is 0.312 e. The van der Waals surface area contributed by atoms with Crippen LogP contribution >= 0.6 is 0 Å². The minimum absolute atomic E-state index is 0.106. The zero-order valence-corrected chi connectivity index (χ0v) is 12.1. The Labute approximate surface area is 109 Å². The van der Waals surface area contributed by atoms with Crippen LogP contribution in [0.3, 0.4) is 0 Å². The Morgan fingerprint density at radius 3 is 1.89 bits per heavy atom. The summed E-state index contributed by atoms with van der Waals surface area (Å²) in [7, 11) is 0. The minimum atomic E-state index is -4.13. The maximum atomic E-state index is 12.5. The van der Waals surface area contributed by atoms with Gasteiger partial charge in [0.2, 0.25) is 0 Å². The van der Waals surface area contributed by atoms with Gasteiger partial charge in [-0.3, -0.25) is 4.90 Å².